The summed E-state index contributed by atoms with van der Waals surface area (Å²) in [4.78, 5) is 1.32. The fourth-order valence-corrected chi connectivity index (χ4v) is 3.21. The number of rotatable bonds is 5. The minimum atomic E-state index is -4.63. The quantitative estimate of drug-likeness (QED) is 0.842. The van der Waals surface area contributed by atoms with Gasteiger partial charge in [0.15, 0.2) is 0 Å². The van der Waals surface area contributed by atoms with Gasteiger partial charge in [0.05, 0.1) is 10.6 Å². The molecule has 22 heavy (non-hydrogen) atoms. The number of anilines is 1. The van der Waals surface area contributed by atoms with Gasteiger partial charge in [-0.3, -0.25) is 0 Å². The van der Waals surface area contributed by atoms with Crippen LogP contribution in [0.2, 0.25) is 0 Å². The highest BCUT2D eigenvalue weighted by Gasteiger charge is 2.29. The summed E-state index contributed by atoms with van der Waals surface area (Å²) in [6, 6.07) is 13.5. The van der Waals surface area contributed by atoms with Crippen molar-refractivity contribution in [2.75, 3.05) is 11.9 Å². The predicted octanol–water partition coefficient (Wildman–Crippen LogP) is 3.63. The van der Waals surface area contributed by atoms with E-state index in [1.165, 1.54) is 18.2 Å². The standard InChI is InChI=1S/C16H17F2NO2S/c1-12-7-3-4-8-13(12)11-19(2)14-9-5-6-10-15(14)22(20,21)16(17)18/h3-10,16H,11H2,1-2H3. The van der Waals surface area contributed by atoms with Crippen LogP contribution in [0.5, 0.6) is 0 Å². The van der Waals surface area contributed by atoms with Gasteiger partial charge in [-0.1, -0.05) is 36.4 Å². The smallest absolute Gasteiger partial charge is 0.341 e. The Kier molecular flexibility index (Phi) is 4.81. The van der Waals surface area contributed by atoms with Crippen LogP contribution in [0.3, 0.4) is 0 Å². The van der Waals surface area contributed by atoms with Crippen LogP contribution in [0, 0.1) is 6.92 Å². The van der Waals surface area contributed by atoms with Gasteiger partial charge in [-0.15, -0.1) is 0 Å². The van der Waals surface area contributed by atoms with Crippen molar-refractivity contribution in [1.29, 1.82) is 0 Å². The van der Waals surface area contributed by atoms with E-state index < -0.39 is 15.6 Å². The van der Waals surface area contributed by atoms with Gasteiger partial charge in [-0.25, -0.2) is 8.42 Å². The van der Waals surface area contributed by atoms with Crippen molar-refractivity contribution in [3.8, 4) is 0 Å². The maximum absolute atomic E-state index is 12.8. The molecule has 2 rings (SSSR count). The highest BCUT2D eigenvalue weighted by atomic mass is 32.2. The fraction of sp³-hybridized carbons (Fsp3) is 0.250. The lowest BCUT2D eigenvalue weighted by molar-refractivity contribution is 0.235. The number of benzene rings is 2. The summed E-state index contributed by atoms with van der Waals surface area (Å²) >= 11 is 0. The molecule has 3 nitrogen and oxygen atoms in total. The van der Waals surface area contributed by atoms with Gasteiger partial charge in [-0.05, 0) is 30.2 Å². The zero-order valence-corrected chi connectivity index (χ0v) is 13.1. The maximum atomic E-state index is 12.8. The lowest BCUT2D eigenvalue weighted by atomic mass is 10.1. The van der Waals surface area contributed by atoms with Crippen LogP contribution < -0.4 is 4.90 Å². The minimum Gasteiger partial charge on any atom is -0.369 e. The number of sulfone groups is 1. The summed E-state index contributed by atoms with van der Waals surface area (Å²) < 4.78 is 49.3. The molecule has 0 heterocycles. The molecule has 0 aromatic heterocycles. The Morgan fingerprint density at radius 3 is 2.27 bits per heavy atom. The topological polar surface area (TPSA) is 37.4 Å². The molecule has 0 atom stereocenters. The van der Waals surface area contributed by atoms with Gasteiger partial charge >= 0.3 is 5.76 Å². The fourth-order valence-electron chi connectivity index (χ4n) is 2.24. The monoisotopic (exact) mass is 325 g/mol. The van der Waals surface area contributed by atoms with E-state index in [9.17, 15) is 17.2 Å². The van der Waals surface area contributed by atoms with Crippen molar-refractivity contribution in [2.24, 2.45) is 0 Å². The Bertz CT molecular complexity index is 760. The molecule has 0 spiro atoms. The average molecular weight is 325 g/mol. The molecule has 6 heteroatoms. The molecule has 118 valence electrons. The first kappa shape index (κ1) is 16.4. The Morgan fingerprint density at radius 2 is 1.64 bits per heavy atom. The molecule has 0 fully saturated rings. The first-order valence-corrected chi connectivity index (χ1v) is 8.25. The average Bonchev–Trinajstić information content (AvgIpc) is 2.49. The number of para-hydroxylation sites is 1. The summed E-state index contributed by atoms with van der Waals surface area (Å²) in [5.41, 5.74) is 2.34. The second kappa shape index (κ2) is 6.44. The first-order chi connectivity index (χ1) is 10.3. The second-order valence-corrected chi connectivity index (χ2v) is 6.94. The molecule has 0 radical (unpaired) electrons. The number of alkyl halides is 2. The Hall–Kier alpha value is -1.95. The minimum absolute atomic E-state index is 0.269. The van der Waals surface area contributed by atoms with Crippen molar-refractivity contribution >= 4 is 15.5 Å². The van der Waals surface area contributed by atoms with Gasteiger partial charge in [0.1, 0.15) is 0 Å². The van der Waals surface area contributed by atoms with Crippen molar-refractivity contribution in [1.82, 2.24) is 0 Å². The van der Waals surface area contributed by atoms with Gasteiger partial charge in [0, 0.05) is 13.6 Å². The Balaban J connectivity index is 2.40. The number of nitrogens with zero attached hydrogens (tertiary/aromatic N) is 1. The van der Waals surface area contributed by atoms with Gasteiger partial charge in [-0.2, -0.15) is 8.78 Å². The van der Waals surface area contributed by atoms with Crippen LogP contribution in [0.1, 0.15) is 11.1 Å². The molecule has 0 aliphatic carbocycles. The van der Waals surface area contributed by atoms with E-state index in [0.29, 0.717) is 6.54 Å². The third-order valence-corrected chi connectivity index (χ3v) is 4.91. The molecular formula is C16H17F2NO2S. The van der Waals surface area contributed by atoms with Crippen LogP contribution in [-0.4, -0.2) is 21.2 Å². The number of aryl methyl sites for hydroxylation is 1. The summed E-state index contributed by atoms with van der Waals surface area (Å²) in [7, 11) is -2.94. The van der Waals surface area contributed by atoms with Crippen LogP contribution in [0.4, 0.5) is 14.5 Å². The molecule has 0 bridgehead atoms. The third-order valence-electron chi connectivity index (χ3n) is 3.49. The van der Waals surface area contributed by atoms with Gasteiger partial charge in [0.25, 0.3) is 0 Å². The van der Waals surface area contributed by atoms with E-state index in [-0.39, 0.29) is 10.6 Å². The molecule has 0 aliphatic heterocycles. The maximum Gasteiger partial charge on any atom is 0.341 e. The summed E-state index contributed by atoms with van der Waals surface area (Å²) in [5.74, 6) is -3.43. The van der Waals surface area contributed by atoms with Crippen molar-refractivity contribution in [3.63, 3.8) is 0 Å². The van der Waals surface area contributed by atoms with E-state index >= 15 is 0 Å². The zero-order chi connectivity index (χ0) is 16.3. The molecule has 0 N–H and O–H groups in total. The van der Waals surface area contributed by atoms with Crippen LogP contribution >= 0.6 is 0 Å². The zero-order valence-electron chi connectivity index (χ0n) is 12.3. The van der Waals surface area contributed by atoms with Crippen LogP contribution in [-0.2, 0) is 16.4 Å². The highest BCUT2D eigenvalue weighted by Crippen LogP contribution is 2.29. The summed E-state index contributed by atoms with van der Waals surface area (Å²) in [6.07, 6.45) is 0. The SMILES string of the molecule is Cc1ccccc1CN(C)c1ccccc1S(=O)(=O)C(F)F. The van der Waals surface area contributed by atoms with Gasteiger partial charge in [0.2, 0.25) is 9.84 Å². The van der Waals surface area contributed by atoms with E-state index in [1.54, 1.807) is 18.0 Å². The van der Waals surface area contributed by atoms with Crippen molar-refractivity contribution in [2.45, 2.75) is 24.1 Å². The molecular weight excluding hydrogens is 308 g/mol. The van der Waals surface area contributed by atoms with Crippen LogP contribution in [0.15, 0.2) is 53.4 Å². The second-order valence-electron chi connectivity index (χ2n) is 5.06. The number of halogens is 2. The molecule has 0 saturated carbocycles. The molecule has 0 unspecified atom stereocenters. The summed E-state index contributed by atoms with van der Waals surface area (Å²) in [5, 5.41) is 0. The van der Waals surface area contributed by atoms with Gasteiger partial charge < -0.3 is 4.90 Å². The lowest BCUT2D eigenvalue weighted by Crippen LogP contribution is -2.21. The van der Waals surface area contributed by atoms with E-state index in [1.807, 2.05) is 31.2 Å². The van der Waals surface area contributed by atoms with E-state index in [4.69, 9.17) is 0 Å². The number of hydrogen-bond acceptors (Lipinski definition) is 3. The number of hydrogen-bond donors (Lipinski definition) is 0. The molecule has 0 amide bonds. The highest BCUT2D eigenvalue weighted by molar-refractivity contribution is 7.91. The molecule has 2 aromatic carbocycles. The molecule has 0 aliphatic rings. The van der Waals surface area contributed by atoms with E-state index in [2.05, 4.69) is 0 Å². The molecule has 2 aromatic rings. The normalized spacial score (nSPS) is 11.7. The first-order valence-electron chi connectivity index (χ1n) is 6.70. The Morgan fingerprint density at radius 1 is 1.05 bits per heavy atom. The predicted molar refractivity (Wildman–Crippen MR) is 82.9 cm³/mol. The van der Waals surface area contributed by atoms with Crippen molar-refractivity contribution in [3.05, 3.63) is 59.7 Å². The third kappa shape index (κ3) is 3.27. The molecule has 0 saturated heterocycles. The van der Waals surface area contributed by atoms with E-state index in [0.717, 1.165) is 11.1 Å². The van der Waals surface area contributed by atoms with Crippen LogP contribution in [0.25, 0.3) is 0 Å². The largest absolute Gasteiger partial charge is 0.369 e. The lowest BCUT2D eigenvalue weighted by Gasteiger charge is -2.23. The summed E-state index contributed by atoms with van der Waals surface area (Å²) in [6.45, 7) is 2.38. The van der Waals surface area contributed by atoms with Crippen molar-refractivity contribution < 1.29 is 17.2 Å². The Labute approximate surface area is 129 Å².